The standard InChI is InChI=1S/C8H9ClN2O3/c1-2-5-14-6-3-4-10-8(9)7(6)11(12)13/h3-4H,2,5H2,1H3. The number of nitrogens with zero attached hydrogens (tertiary/aromatic N) is 2. The van der Waals surface area contributed by atoms with Crippen LogP contribution < -0.4 is 4.74 Å². The SMILES string of the molecule is CCCOc1ccnc(Cl)c1[N+](=O)[O-]. The third-order valence-corrected chi connectivity index (χ3v) is 1.76. The van der Waals surface area contributed by atoms with Gasteiger partial charge in [-0.1, -0.05) is 18.5 Å². The lowest BCUT2D eigenvalue weighted by Crippen LogP contribution is -2.00. The van der Waals surface area contributed by atoms with Crippen LogP contribution >= 0.6 is 11.6 Å². The Labute approximate surface area is 85.8 Å². The molecule has 1 rings (SSSR count). The van der Waals surface area contributed by atoms with Crippen molar-refractivity contribution in [2.24, 2.45) is 0 Å². The van der Waals surface area contributed by atoms with Crippen molar-refractivity contribution < 1.29 is 9.66 Å². The van der Waals surface area contributed by atoms with Crippen LogP contribution in [0.5, 0.6) is 5.75 Å². The van der Waals surface area contributed by atoms with Crippen LogP contribution in [-0.4, -0.2) is 16.5 Å². The predicted molar refractivity (Wildman–Crippen MR) is 51.7 cm³/mol. The van der Waals surface area contributed by atoms with Crippen molar-refractivity contribution in [3.05, 3.63) is 27.5 Å². The van der Waals surface area contributed by atoms with Crippen molar-refractivity contribution in [2.75, 3.05) is 6.61 Å². The molecule has 0 fully saturated rings. The summed E-state index contributed by atoms with van der Waals surface area (Å²) in [6.45, 7) is 2.33. The van der Waals surface area contributed by atoms with Crippen molar-refractivity contribution in [1.29, 1.82) is 0 Å². The van der Waals surface area contributed by atoms with Gasteiger partial charge in [0, 0.05) is 12.3 Å². The maximum Gasteiger partial charge on any atom is 0.347 e. The van der Waals surface area contributed by atoms with E-state index in [1.165, 1.54) is 12.3 Å². The quantitative estimate of drug-likeness (QED) is 0.441. The van der Waals surface area contributed by atoms with Crippen LogP contribution in [0.1, 0.15) is 13.3 Å². The minimum atomic E-state index is -0.597. The second kappa shape index (κ2) is 4.76. The van der Waals surface area contributed by atoms with E-state index < -0.39 is 4.92 Å². The molecule has 0 aromatic carbocycles. The summed E-state index contributed by atoms with van der Waals surface area (Å²) in [7, 11) is 0. The van der Waals surface area contributed by atoms with Gasteiger partial charge in [0.25, 0.3) is 0 Å². The Bertz CT molecular complexity index is 343. The monoisotopic (exact) mass is 216 g/mol. The van der Waals surface area contributed by atoms with Crippen LogP contribution in [0.2, 0.25) is 5.15 Å². The highest BCUT2D eigenvalue weighted by Crippen LogP contribution is 2.32. The molecule has 0 atom stereocenters. The smallest absolute Gasteiger partial charge is 0.347 e. The topological polar surface area (TPSA) is 65.3 Å². The minimum Gasteiger partial charge on any atom is -0.487 e. The van der Waals surface area contributed by atoms with Crippen molar-refractivity contribution in [3.63, 3.8) is 0 Å². The Morgan fingerprint density at radius 1 is 1.71 bits per heavy atom. The Kier molecular flexibility index (Phi) is 3.64. The highest BCUT2D eigenvalue weighted by Gasteiger charge is 2.20. The highest BCUT2D eigenvalue weighted by atomic mass is 35.5. The van der Waals surface area contributed by atoms with Crippen molar-refractivity contribution in [2.45, 2.75) is 13.3 Å². The first-order chi connectivity index (χ1) is 6.66. The highest BCUT2D eigenvalue weighted by molar-refractivity contribution is 6.31. The summed E-state index contributed by atoms with van der Waals surface area (Å²) in [6, 6.07) is 1.43. The van der Waals surface area contributed by atoms with E-state index >= 15 is 0 Å². The summed E-state index contributed by atoms with van der Waals surface area (Å²) in [6.07, 6.45) is 2.15. The van der Waals surface area contributed by atoms with E-state index in [0.717, 1.165) is 6.42 Å². The zero-order chi connectivity index (χ0) is 10.6. The van der Waals surface area contributed by atoms with Crippen LogP contribution in [0.4, 0.5) is 5.69 Å². The van der Waals surface area contributed by atoms with Gasteiger partial charge >= 0.3 is 5.69 Å². The normalized spacial score (nSPS) is 9.86. The lowest BCUT2D eigenvalue weighted by Gasteiger charge is -2.04. The lowest BCUT2D eigenvalue weighted by atomic mass is 10.4. The summed E-state index contributed by atoms with van der Waals surface area (Å²) in [5, 5.41) is 10.5. The largest absolute Gasteiger partial charge is 0.487 e. The Hall–Kier alpha value is -1.36. The van der Waals surface area contributed by atoms with Crippen LogP contribution in [0, 0.1) is 10.1 Å². The summed E-state index contributed by atoms with van der Waals surface area (Å²) in [5.74, 6) is 0.164. The van der Waals surface area contributed by atoms with E-state index in [1.807, 2.05) is 6.92 Å². The lowest BCUT2D eigenvalue weighted by molar-refractivity contribution is -0.386. The summed E-state index contributed by atoms with van der Waals surface area (Å²) >= 11 is 5.57. The molecule has 76 valence electrons. The second-order valence-electron chi connectivity index (χ2n) is 2.55. The summed E-state index contributed by atoms with van der Waals surface area (Å²) < 4.78 is 5.16. The maximum atomic E-state index is 10.6. The number of hydrogen-bond donors (Lipinski definition) is 0. The van der Waals surface area contributed by atoms with Crippen molar-refractivity contribution in [1.82, 2.24) is 4.98 Å². The van der Waals surface area contributed by atoms with Crippen molar-refractivity contribution >= 4 is 17.3 Å². The first kappa shape index (κ1) is 10.7. The van der Waals surface area contributed by atoms with Crippen LogP contribution in [-0.2, 0) is 0 Å². The van der Waals surface area contributed by atoms with E-state index in [0.29, 0.717) is 6.61 Å². The number of hydrogen-bond acceptors (Lipinski definition) is 4. The number of rotatable bonds is 4. The van der Waals surface area contributed by atoms with E-state index in [2.05, 4.69) is 4.98 Å². The number of aromatic nitrogens is 1. The average molecular weight is 217 g/mol. The molecule has 0 aliphatic rings. The molecule has 5 nitrogen and oxygen atoms in total. The van der Waals surface area contributed by atoms with Crippen LogP contribution in [0.15, 0.2) is 12.3 Å². The van der Waals surface area contributed by atoms with Crippen molar-refractivity contribution in [3.8, 4) is 5.75 Å². The van der Waals surface area contributed by atoms with E-state index in [-0.39, 0.29) is 16.6 Å². The molecule has 0 bridgehead atoms. The molecule has 0 aliphatic heterocycles. The van der Waals surface area contributed by atoms with E-state index in [9.17, 15) is 10.1 Å². The van der Waals surface area contributed by atoms with Gasteiger partial charge in [-0.25, -0.2) is 4.98 Å². The zero-order valence-electron chi connectivity index (χ0n) is 7.57. The van der Waals surface area contributed by atoms with Gasteiger partial charge in [0.05, 0.1) is 11.5 Å². The fraction of sp³-hybridized carbons (Fsp3) is 0.375. The van der Waals surface area contributed by atoms with Gasteiger partial charge in [0.2, 0.25) is 10.9 Å². The van der Waals surface area contributed by atoms with Gasteiger partial charge in [-0.2, -0.15) is 0 Å². The minimum absolute atomic E-state index is 0.149. The molecule has 0 unspecified atom stereocenters. The van der Waals surface area contributed by atoms with Gasteiger partial charge in [-0.05, 0) is 6.42 Å². The molecule has 6 heteroatoms. The molecule has 0 saturated carbocycles. The number of pyridine rings is 1. The summed E-state index contributed by atoms with van der Waals surface area (Å²) in [5.41, 5.74) is -0.275. The molecule has 0 radical (unpaired) electrons. The summed E-state index contributed by atoms with van der Waals surface area (Å²) in [4.78, 5) is 13.6. The molecule has 14 heavy (non-hydrogen) atoms. The van der Waals surface area contributed by atoms with E-state index in [4.69, 9.17) is 16.3 Å². The zero-order valence-corrected chi connectivity index (χ0v) is 8.32. The molecular weight excluding hydrogens is 208 g/mol. The first-order valence-electron chi connectivity index (χ1n) is 4.08. The predicted octanol–water partition coefficient (Wildman–Crippen LogP) is 2.43. The van der Waals surface area contributed by atoms with Crippen LogP contribution in [0.3, 0.4) is 0 Å². The van der Waals surface area contributed by atoms with Gasteiger partial charge in [-0.15, -0.1) is 0 Å². The molecule has 0 saturated heterocycles. The Morgan fingerprint density at radius 2 is 2.43 bits per heavy atom. The second-order valence-corrected chi connectivity index (χ2v) is 2.91. The maximum absolute atomic E-state index is 10.6. The average Bonchev–Trinajstić information content (AvgIpc) is 2.14. The molecule has 0 aliphatic carbocycles. The number of halogens is 1. The molecule has 1 aromatic rings. The van der Waals surface area contributed by atoms with Gasteiger partial charge in [0.1, 0.15) is 0 Å². The fourth-order valence-corrected chi connectivity index (χ4v) is 1.12. The molecule has 0 amide bonds. The number of nitro groups is 1. The number of ether oxygens (including phenoxy) is 1. The van der Waals surface area contributed by atoms with Gasteiger partial charge in [0.15, 0.2) is 0 Å². The van der Waals surface area contributed by atoms with E-state index in [1.54, 1.807) is 0 Å². The third kappa shape index (κ3) is 2.32. The van der Waals surface area contributed by atoms with Crippen LogP contribution in [0.25, 0.3) is 0 Å². The molecule has 0 spiro atoms. The molecule has 0 N–H and O–H groups in total. The Balaban J connectivity index is 3.02. The molecular formula is C8H9ClN2O3. The Morgan fingerprint density at radius 3 is 3.00 bits per heavy atom. The molecule has 1 aromatic heterocycles. The third-order valence-electron chi connectivity index (χ3n) is 1.49. The first-order valence-corrected chi connectivity index (χ1v) is 4.46. The van der Waals surface area contributed by atoms with Gasteiger partial charge < -0.3 is 4.74 Å². The molecule has 1 heterocycles. The van der Waals surface area contributed by atoms with Gasteiger partial charge in [-0.3, -0.25) is 10.1 Å². The fourth-order valence-electron chi connectivity index (χ4n) is 0.906.